The molecular formula is C25H27ClN4O. The Morgan fingerprint density at radius 2 is 1.94 bits per heavy atom. The summed E-state index contributed by atoms with van der Waals surface area (Å²) >= 11 is 6.14. The lowest BCUT2D eigenvalue weighted by Gasteiger charge is -2.16. The number of allylic oxidation sites excluding steroid dienone is 2. The molecule has 0 aromatic heterocycles. The Morgan fingerprint density at radius 3 is 2.58 bits per heavy atom. The van der Waals surface area contributed by atoms with Crippen molar-refractivity contribution >= 4 is 28.9 Å². The van der Waals surface area contributed by atoms with E-state index in [9.17, 15) is 4.79 Å². The number of nitrogens with zero attached hydrogens (tertiary/aromatic N) is 2. The first-order chi connectivity index (χ1) is 14.9. The van der Waals surface area contributed by atoms with Gasteiger partial charge in [-0.15, -0.1) is 0 Å². The number of amides is 1. The summed E-state index contributed by atoms with van der Waals surface area (Å²) in [6.07, 6.45) is 4.91. The van der Waals surface area contributed by atoms with Crippen LogP contribution in [0.15, 0.2) is 58.7 Å². The van der Waals surface area contributed by atoms with E-state index in [1.54, 1.807) is 18.2 Å². The first-order valence-corrected chi connectivity index (χ1v) is 10.9. The fraction of sp³-hybridized carbons (Fsp3) is 0.320. The normalized spacial score (nSPS) is 15.4. The summed E-state index contributed by atoms with van der Waals surface area (Å²) in [4.78, 5) is 17.6. The van der Waals surface area contributed by atoms with Crippen LogP contribution in [-0.4, -0.2) is 17.7 Å². The summed E-state index contributed by atoms with van der Waals surface area (Å²) in [7, 11) is 0. The van der Waals surface area contributed by atoms with Crippen molar-refractivity contribution in [2.75, 3.05) is 0 Å². The maximum absolute atomic E-state index is 12.9. The van der Waals surface area contributed by atoms with Crippen LogP contribution < -0.4 is 11.1 Å². The molecule has 3 rings (SSSR count). The van der Waals surface area contributed by atoms with Crippen LogP contribution in [0.5, 0.6) is 0 Å². The quantitative estimate of drug-likeness (QED) is 0.592. The van der Waals surface area contributed by atoms with Crippen LogP contribution in [0.1, 0.15) is 61.0 Å². The second-order valence-electron chi connectivity index (χ2n) is 7.92. The molecule has 2 aromatic carbocycles. The van der Waals surface area contributed by atoms with E-state index >= 15 is 0 Å². The largest absolute Gasteiger partial charge is 0.402 e. The van der Waals surface area contributed by atoms with E-state index in [2.05, 4.69) is 10.3 Å². The van der Waals surface area contributed by atoms with Gasteiger partial charge < -0.3 is 11.1 Å². The minimum Gasteiger partial charge on any atom is -0.402 e. The Kier molecular flexibility index (Phi) is 7.49. The van der Waals surface area contributed by atoms with E-state index in [4.69, 9.17) is 22.6 Å². The van der Waals surface area contributed by atoms with Crippen molar-refractivity contribution in [3.8, 4) is 6.07 Å². The number of hydrogen-bond acceptors (Lipinski definition) is 4. The molecule has 1 fully saturated rings. The highest BCUT2D eigenvalue weighted by Crippen LogP contribution is 2.25. The SMILES string of the molecule is CC(=Nc1ccc(C#N)c(Cl)c1)C(Cc1ccccc1C(=O)NC1CCCC1)=C(C)N. The van der Waals surface area contributed by atoms with E-state index in [1.807, 2.05) is 44.2 Å². The highest BCUT2D eigenvalue weighted by atomic mass is 35.5. The van der Waals surface area contributed by atoms with E-state index in [0.717, 1.165) is 29.7 Å². The highest BCUT2D eigenvalue weighted by molar-refractivity contribution is 6.32. The molecule has 160 valence electrons. The summed E-state index contributed by atoms with van der Waals surface area (Å²) in [5.74, 6) is -0.0370. The molecule has 0 saturated heterocycles. The molecule has 0 spiro atoms. The predicted molar refractivity (Wildman–Crippen MR) is 126 cm³/mol. The zero-order valence-electron chi connectivity index (χ0n) is 17.9. The van der Waals surface area contributed by atoms with Crippen molar-refractivity contribution in [1.82, 2.24) is 5.32 Å². The summed E-state index contributed by atoms with van der Waals surface area (Å²) in [5, 5.41) is 12.6. The summed E-state index contributed by atoms with van der Waals surface area (Å²) in [6.45, 7) is 3.72. The molecule has 2 aromatic rings. The summed E-state index contributed by atoms with van der Waals surface area (Å²) in [6, 6.07) is 15.0. The molecule has 0 heterocycles. The fourth-order valence-electron chi connectivity index (χ4n) is 3.90. The minimum atomic E-state index is -0.0370. The molecule has 0 atom stereocenters. The Labute approximate surface area is 188 Å². The van der Waals surface area contributed by atoms with Gasteiger partial charge in [0, 0.05) is 29.4 Å². The van der Waals surface area contributed by atoms with Gasteiger partial charge in [0.25, 0.3) is 5.91 Å². The van der Waals surface area contributed by atoms with E-state index in [0.29, 0.717) is 34.0 Å². The highest BCUT2D eigenvalue weighted by Gasteiger charge is 2.20. The lowest BCUT2D eigenvalue weighted by Crippen LogP contribution is -2.33. The smallest absolute Gasteiger partial charge is 0.251 e. The third-order valence-corrected chi connectivity index (χ3v) is 5.91. The standard InChI is InChI=1S/C25H27ClN4O/c1-16(28)23(17(2)29-21-12-11-19(15-27)24(26)14-21)13-18-7-3-6-10-22(18)25(31)30-20-8-4-5-9-20/h3,6-7,10-12,14,20H,4-5,8-9,13,28H2,1-2H3,(H,30,31). The van der Waals surface area contributed by atoms with Crippen molar-refractivity contribution in [3.05, 3.63) is 75.4 Å². The van der Waals surface area contributed by atoms with Crippen LogP contribution in [0.4, 0.5) is 5.69 Å². The molecule has 1 aliphatic carbocycles. The third-order valence-electron chi connectivity index (χ3n) is 5.60. The van der Waals surface area contributed by atoms with Crippen molar-refractivity contribution in [3.63, 3.8) is 0 Å². The fourth-order valence-corrected chi connectivity index (χ4v) is 4.11. The monoisotopic (exact) mass is 434 g/mol. The number of halogens is 1. The zero-order chi connectivity index (χ0) is 22.4. The molecule has 3 N–H and O–H groups in total. The lowest BCUT2D eigenvalue weighted by molar-refractivity contribution is 0.0937. The van der Waals surface area contributed by atoms with Gasteiger partial charge in [-0.2, -0.15) is 5.26 Å². The molecule has 1 saturated carbocycles. The Hall–Kier alpha value is -3.10. The van der Waals surface area contributed by atoms with Crippen molar-refractivity contribution in [2.24, 2.45) is 10.7 Å². The molecule has 0 aliphatic heterocycles. The maximum atomic E-state index is 12.9. The molecular weight excluding hydrogens is 408 g/mol. The zero-order valence-corrected chi connectivity index (χ0v) is 18.7. The molecule has 0 radical (unpaired) electrons. The molecule has 1 aliphatic rings. The van der Waals surface area contributed by atoms with E-state index < -0.39 is 0 Å². The summed E-state index contributed by atoms with van der Waals surface area (Å²) in [5.41, 5.74) is 11.1. The topological polar surface area (TPSA) is 91.3 Å². The number of carbonyl (C=O) groups is 1. The number of aliphatic imine (C=N–C) groups is 1. The van der Waals surface area contributed by atoms with Crippen LogP contribution in [0.3, 0.4) is 0 Å². The van der Waals surface area contributed by atoms with Crippen LogP contribution in [0.25, 0.3) is 0 Å². The van der Waals surface area contributed by atoms with Crippen molar-refractivity contribution < 1.29 is 4.79 Å². The lowest BCUT2D eigenvalue weighted by atomic mass is 9.95. The number of nitrogens with two attached hydrogens (primary N) is 1. The predicted octanol–water partition coefficient (Wildman–Crippen LogP) is 5.45. The van der Waals surface area contributed by atoms with E-state index in [1.165, 1.54) is 12.8 Å². The van der Waals surface area contributed by atoms with Crippen LogP contribution >= 0.6 is 11.6 Å². The maximum Gasteiger partial charge on any atom is 0.251 e. The van der Waals surface area contributed by atoms with Gasteiger partial charge >= 0.3 is 0 Å². The number of nitriles is 1. The summed E-state index contributed by atoms with van der Waals surface area (Å²) < 4.78 is 0. The van der Waals surface area contributed by atoms with Gasteiger partial charge in [-0.3, -0.25) is 9.79 Å². The van der Waals surface area contributed by atoms with Crippen LogP contribution in [0.2, 0.25) is 5.02 Å². The number of nitrogens with one attached hydrogen (secondary N) is 1. The molecule has 31 heavy (non-hydrogen) atoms. The van der Waals surface area contributed by atoms with Gasteiger partial charge in [-0.1, -0.05) is 42.6 Å². The number of carbonyl (C=O) groups excluding carboxylic acids is 1. The van der Waals surface area contributed by atoms with Crippen molar-refractivity contribution in [2.45, 2.75) is 52.0 Å². The van der Waals surface area contributed by atoms with Gasteiger partial charge in [-0.25, -0.2) is 0 Å². The molecule has 1 amide bonds. The van der Waals surface area contributed by atoms with Gasteiger partial charge in [0.15, 0.2) is 0 Å². The Morgan fingerprint density at radius 1 is 1.23 bits per heavy atom. The molecule has 6 heteroatoms. The van der Waals surface area contributed by atoms with Gasteiger partial charge in [0.2, 0.25) is 0 Å². The van der Waals surface area contributed by atoms with E-state index in [-0.39, 0.29) is 11.9 Å². The molecule has 5 nitrogen and oxygen atoms in total. The van der Waals surface area contributed by atoms with Crippen LogP contribution in [0, 0.1) is 11.3 Å². The molecule has 0 unspecified atom stereocenters. The van der Waals surface area contributed by atoms with Gasteiger partial charge in [-0.05, 0) is 62.1 Å². The van der Waals surface area contributed by atoms with Gasteiger partial charge in [0.1, 0.15) is 6.07 Å². The average molecular weight is 435 g/mol. The third kappa shape index (κ3) is 5.74. The number of benzene rings is 2. The minimum absolute atomic E-state index is 0.0370. The first-order valence-electron chi connectivity index (χ1n) is 10.5. The second kappa shape index (κ2) is 10.3. The average Bonchev–Trinajstić information content (AvgIpc) is 3.25. The molecule has 0 bridgehead atoms. The first kappa shape index (κ1) is 22.6. The van der Waals surface area contributed by atoms with Crippen molar-refractivity contribution in [1.29, 1.82) is 5.26 Å². The second-order valence-corrected chi connectivity index (χ2v) is 8.33. The number of rotatable bonds is 6. The Balaban J connectivity index is 1.85. The number of hydrogen-bond donors (Lipinski definition) is 2. The van der Waals surface area contributed by atoms with Gasteiger partial charge in [0.05, 0.1) is 16.3 Å². The Bertz CT molecular complexity index is 1070. The van der Waals surface area contributed by atoms with Crippen LogP contribution in [-0.2, 0) is 6.42 Å².